The number of oxazole rings is 1. The van der Waals surface area contributed by atoms with Crippen molar-refractivity contribution in [1.82, 2.24) is 10.4 Å². The molecule has 1 aromatic heterocycles. The smallest absolute Gasteiger partial charge is 0.343 e. The molecule has 1 heterocycles. The van der Waals surface area contributed by atoms with Crippen LogP contribution in [0.2, 0.25) is 0 Å². The summed E-state index contributed by atoms with van der Waals surface area (Å²) < 4.78 is 11.0. The number of esters is 1. The van der Waals surface area contributed by atoms with E-state index in [2.05, 4.69) is 36.3 Å². The lowest BCUT2D eigenvalue weighted by molar-refractivity contribution is -0.118. The fourth-order valence-corrected chi connectivity index (χ4v) is 3.78. The molecule has 0 unspecified atom stereocenters. The number of ether oxygens (including phenoxy) is 1. The Morgan fingerprint density at radius 2 is 1.74 bits per heavy atom. The summed E-state index contributed by atoms with van der Waals surface area (Å²) in [6.45, 7) is 6.36. The van der Waals surface area contributed by atoms with E-state index in [9.17, 15) is 9.59 Å². The van der Waals surface area contributed by atoms with Crippen molar-refractivity contribution in [3.05, 3.63) is 89.5 Å². The van der Waals surface area contributed by atoms with Crippen molar-refractivity contribution in [1.29, 1.82) is 0 Å². The summed E-state index contributed by atoms with van der Waals surface area (Å²) in [6.07, 6.45) is 1.51. The molecule has 35 heavy (non-hydrogen) atoms. The highest BCUT2D eigenvalue weighted by atomic mass is 32.2. The van der Waals surface area contributed by atoms with Crippen molar-refractivity contribution in [2.24, 2.45) is 5.10 Å². The number of hydrogen-bond donors (Lipinski definition) is 1. The quantitative estimate of drug-likeness (QED) is 0.120. The van der Waals surface area contributed by atoms with E-state index in [1.165, 1.54) is 18.0 Å². The second kappa shape index (κ2) is 10.6. The second-order valence-corrected chi connectivity index (χ2v) is 9.74. The summed E-state index contributed by atoms with van der Waals surface area (Å²) in [4.78, 5) is 28.8. The van der Waals surface area contributed by atoms with E-state index in [1.54, 1.807) is 36.4 Å². The number of hydrazone groups is 1. The Morgan fingerprint density at radius 1 is 1.03 bits per heavy atom. The van der Waals surface area contributed by atoms with Crippen LogP contribution in [-0.2, 0) is 10.2 Å². The topological polar surface area (TPSA) is 93.8 Å². The Bertz CT molecular complexity index is 1320. The molecule has 4 aromatic rings. The monoisotopic (exact) mass is 487 g/mol. The lowest BCUT2D eigenvalue weighted by Gasteiger charge is -2.18. The van der Waals surface area contributed by atoms with E-state index < -0.39 is 5.97 Å². The molecule has 0 aliphatic carbocycles. The van der Waals surface area contributed by atoms with Gasteiger partial charge in [-0.25, -0.2) is 15.2 Å². The summed E-state index contributed by atoms with van der Waals surface area (Å²) in [5, 5.41) is 4.40. The summed E-state index contributed by atoms with van der Waals surface area (Å²) in [5.74, 6) is -0.159. The maximum atomic E-state index is 12.4. The van der Waals surface area contributed by atoms with Gasteiger partial charge in [0.25, 0.3) is 11.1 Å². The molecular formula is C27H25N3O4S. The molecule has 0 saturated heterocycles. The van der Waals surface area contributed by atoms with Gasteiger partial charge in [0.1, 0.15) is 11.3 Å². The number of benzene rings is 3. The summed E-state index contributed by atoms with van der Waals surface area (Å²) in [6, 6.07) is 21.7. The minimum absolute atomic E-state index is 0.0177. The van der Waals surface area contributed by atoms with Crippen LogP contribution in [0.3, 0.4) is 0 Å². The number of carbonyl (C=O) groups is 2. The standard InChI is InChI=1S/C27H25N3O4S/c1-27(2,3)20-12-10-19(11-13-20)25(32)33-21-14-8-18(9-15-21)16-28-30-24(31)17-35-26-29-22-6-4-5-7-23(22)34-26/h4-16H,17H2,1-3H3,(H,30,31)/b28-16-. The minimum Gasteiger partial charge on any atom is -0.431 e. The lowest BCUT2D eigenvalue weighted by atomic mass is 9.87. The number of rotatable bonds is 7. The van der Waals surface area contributed by atoms with Crippen LogP contribution in [0.25, 0.3) is 11.1 Å². The number of para-hydroxylation sites is 2. The first-order valence-electron chi connectivity index (χ1n) is 11.0. The van der Waals surface area contributed by atoms with Gasteiger partial charge in [0.15, 0.2) is 5.58 Å². The zero-order valence-electron chi connectivity index (χ0n) is 19.6. The third kappa shape index (κ3) is 6.58. The number of thioether (sulfide) groups is 1. The normalized spacial score (nSPS) is 11.6. The maximum absolute atomic E-state index is 12.4. The van der Waals surface area contributed by atoms with Crippen molar-refractivity contribution in [2.45, 2.75) is 31.4 Å². The van der Waals surface area contributed by atoms with Gasteiger partial charge in [0.2, 0.25) is 0 Å². The third-order valence-corrected chi connectivity index (χ3v) is 5.91. The van der Waals surface area contributed by atoms with Gasteiger partial charge in [-0.1, -0.05) is 56.8 Å². The van der Waals surface area contributed by atoms with E-state index in [1.807, 2.05) is 36.4 Å². The highest BCUT2D eigenvalue weighted by molar-refractivity contribution is 7.99. The fraction of sp³-hybridized carbons (Fsp3) is 0.185. The van der Waals surface area contributed by atoms with Gasteiger partial charge >= 0.3 is 5.97 Å². The van der Waals surface area contributed by atoms with Gasteiger partial charge < -0.3 is 9.15 Å². The number of aromatic nitrogens is 1. The van der Waals surface area contributed by atoms with E-state index >= 15 is 0 Å². The zero-order chi connectivity index (χ0) is 24.8. The van der Waals surface area contributed by atoms with Gasteiger partial charge in [-0.2, -0.15) is 5.10 Å². The van der Waals surface area contributed by atoms with Gasteiger partial charge in [-0.15, -0.1) is 0 Å². The number of amides is 1. The molecule has 4 rings (SSSR count). The first-order chi connectivity index (χ1) is 16.8. The van der Waals surface area contributed by atoms with Crippen molar-refractivity contribution in [3.63, 3.8) is 0 Å². The molecule has 0 saturated carbocycles. The SMILES string of the molecule is CC(C)(C)c1ccc(C(=O)Oc2ccc(/C=N\NC(=O)CSc3nc4ccccc4o3)cc2)cc1. The molecule has 0 fully saturated rings. The van der Waals surface area contributed by atoms with Crippen molar-refractivity contribution in [2.75, 3.05) is 5.75 Å². The van der Waals surface area contributed by atoms with Crippen LogP contribution < -0.4 is 10.2 Å². The van der Waals surface area contributed by atoms with Crippen molar-refractivity contribution in [3.8, 4) is 5.75 Å². The van der Waals surface area contributed by atoms with E-state index in [4.69, 9.17) is 9.15 Å². The molecule has 0 bridgehead atoms. The van der Waals surface area contributed by atoms with E-state index in [0.29, 0.717) is 22.1 Å². The van der Waals surface area contributed by atoms with Crippen LogP contribution in [0.1, 0.15) is 42.3 Å². The van der Waals surface area contributed by atoms with Crippen molar-refractivity contribution < 1.29 is 18.7 Å². The minimum atomic E-state index is -0.421. The zero-order valence-corrected chi connectivity index (χ0v) is 20.5. The van der Waals surface area contributed by atoms with Crippen LogP contribution >= 0.6 is 11.8 Å². The Kier molecular flexibility index (Phi) is 7.31. The molecule has 178 valence electrons. The largest absolute Gasteiger partial charge is 0.431 e. The average Bonchev–Trinajstić information content (AvgIpc) is 3.26. The van der Waals surface area contributed by atoms with Crippen LogP contribution in [0.15, 0.2) is 87.5 Å². The molecule has 7 nitrogen and oxygen atoms in total. The lowest BCUT2D eigenvalue weighted by Crippen LogP contribution is -2.19. The average molecular weight is 488 g/mol. The first kappa shape index (κ1) is 24.2. The van der Waals surface area contributed by atoms with Gasteiger partial charge in [-0.3, -0.25) is 4.79 Å². The molecular weight excluding hydrogens is 462 g/mol. The molecule has 0 aliphatic heterocycles. The number of nitrogens with zero attached hydrogens (tertiary/aromatic N) is 2. The predicted octanol–water partition coefficient (Wildman–Crippen LogP) is 5.59. The predicted molar refractivity (Wildman–Crippen MR) is 137 cm³/mol. The number of fused-ring (bicyclic) bond motifs is 1. The molecule has 1 N–H and O–H groups in total. The third-order valence-electron chi connectivity index (χ3n) is 5.08. The first-order valence-corrected chi connectivity index (χ1v) is 12.0. The molecule has 0 spiro atoms. The van der Waals surface area contributed by atoms with Crippen LogP contribution in [0, 0.1) is 0 Å². The number of hydrogen-bond acceptors (Lipinski definition) is 7. The molecule has 0 aliphatic rings. The van der Waals surface area contributed by atoms with Gasteiger partial charge in [0.05, 0.1) is 17.5 Å². The summed E-state index contributed by atoms with van der Waals surface area (Å²) >= 11 is 1.20. The Balaban J connectivity index is 1.24. The molecule has 0 radical (unpaired) electrons. The molecule has 3 aromatic carbocycles. The molecule has 0 atom stereocenters. The Hall–Kier alpha value is -3.91. The van der Waals surface area contributed by atoms with E-state index in [0.717, 1.165) is 16.6 Å². The number of carbonyl (C=O) groups excluding carboxylic acids is 2. The fourth-order valence-electron chi connectivity index (χ4n) is 3.15. The van der Waals surface area contributed by atoms with Crippen LogP contribution in [-0.4, -0.2) is 28.8 Å². The summed E-state index contributed by atoms with van der Waals surface area (Å²) in [5.41, 5.74) is 6.30. The highest BCUT2D eigenvalue weighted by Gasteiger charge is 2.15. The maximum Gasteiger partial charge on any atom is 0.343 e. The highest BCUT2D eigenvalue weighted by Crippen LogP contribution is 2.24. The van der Waals surface area contributed by atoms with Gasteiger partial charge in [0, 0.05) is 0 Å². The van der Waals surface area contributed by atoms with Crippen LogP contribution in [0.4, 0.5) is 0 Å². The van der Waals surface area contributed by atoms with Gasteiger partial charge in [-0.05, 0) is 65.1 Å². The van der Waals surface area contributed by atoms with Crippen molar-refractivity contribution >= 4 is 41.0 Å². The van der Waals surface area contributed by atoms with E-state index in [-0.39, 0.29) is 17.1 Å². The Labute approximate surface area is 207 Å². The summed E-state index contributed by atoms with van der Waals surface area (Å²) in [7, 11) is 0. The Morgan fingerprint density at radius 3 is 2.43 bits per heavy atom. The van der Waals surface area contributed by atoms with Crippen LogP contribution in [0.5, 0.6) is 5.75 Å². The number of nitrogens with one attached hydrogen (secondary N) is 1. The second-order valence-electron chi connectivity index (χ2n) is 8.82. The molecule has 8 heteroatoms. The molecule has 1 amide bonds.